The number of hydrogen-bond acceptors (Lipinski definition) is 3. The number of carbonyl (C=O) groups is 1. The zero-order valence-corrected chi connectivity index (χ0v) is 11.2. The maximum atomic E-state index is 11.8. The number of nitrogens with one attached hydrogen (secondary N) is 1. The molecule has 0 saturated carbocycles. The molecular formula is C15H20N2O2. The molecule has 0 radical (unpaired) electrons. The topological polar surface area (TPSA) is 64.3 Å². The fourth-order valence-corrected chi connectivity index (χ4v) is 1.54. The number of hydrogen-bond donors (Lipinski definition) is 2. The average Bonchev–Trinajstić information content (AvgIpc) is 2.43. The van der Waals surface area contributed by atoms with E-state index in [4.69, 9.17) is 10.5 Å². The maximum Gasteiger partial charge on any atom is 0.224 e. The van der Waals surface area contributed by atoms with Crippen LogP contribution in [-0.2, 0) is 9.53 Å². The molecule has 102 valence electrons. The quantitative estimate of drug-likeness (QED) is 0.605. The summed E-state index contributed by atoms with van der Waals surface area (Å²) in [5.74, 6) is 5.70. The summed E-state index contributed by atoms with van der Waals surface area (Å²) in [4.78, 5) is 11.8. The molecule has 1 amide bonds. The Balaban J connectivity index is 2.54. The van der Waals surface area contributed by atoms with E-state index < -0.39 is 0 Å². The van der Waals surface area contributed by atoms with Crippen molar-refractivity contribution in [3.05, 3.63) is 29.8 Å². The second-order valence-electron chi connectivity index (χ2n) is 3.90. The Morgan fingerprint density at radius 2 is 2.21 bits per heavy atom. The highest BCUT2D eigenvalue weighted by molar-refractivity contribution is 5.92. The first kappa shape index (κ1) is 15.2. The first-order valence-electron chi connectivity index (χ1n) is 6.43. The van der Waals surface area contributed by atoms with E-state index in [1.807, 2.05) is 31.2 Å². The van der Waals surface area contributed by atoms with Crippen molar-refractivity contribution in [1.29, 1.82) is 0 Å². The Hall–Kier alpha value is -1.83. The van der Waals surface area contributed by atoms with Gasteiger partial charge in [0.05, 0.1) is 12.2 Å². The lowest BCUT2D eigenvalue weighted by Gasteiger charge is -2.07. The molecule has 0 aromatic heterocycles. The van der Waals surface area contributed by atoms with E-state index >= 15 is 0 Å². The van der Waals surface area contributed by atoms with Gasteiger partial charge in [0.25, 0.3) is 0 Å². The average molecular weight is 260 g/mol. The lowest BCUT2D eigenvalue weighted by molar-refractivity contribution is -0.116. The van der Waals surface area contributed by atoms with E-state index in [1.54, 1.807) is 0 Å². The van der Waals surface area contributed by atoms with Gasteiger partial charge in [0.1, 0.15) is 0 Å². The second-order valence-corrected chi connectivity index (χ2v) is 3.90. The van der Waals surface area contributed by atoms with E-state index in [0.717, 1.165) is 17.7 Å². The normalized spacial score (nSPS) is 9.58. The van der Waals surface area contributed by atoms with E-state index in [0.29, 0.717) is 26.2 Å². The van der Waals surface area contributed by atoms with Gasteiger partial charge in [-0.25, -0.2) is 0 Å². The zero-order valence-electron chi connectivity index (χ0n) is 11.2. The third kappa shape index (κ3) is 6.05. The van der Waals surface area contributed by atoms with Crippen LogP contribution in [0.3, 0.4) is 0 Å². The molecule has 0 aliphatic heterocycles. The largest absolute Gasteiger partial charge is 0.382 e. The Morgan fingerprint density at radius 1 is 1.42 bits per heavy atom. The van der Waals surface area contributed by atoms with Gasteiger partial charge in [0.15, 0.2) is 0 Å². The Morgan fingerprint density at radius 3 is 2.95 bits per heavy atom. The minimum absolute atomic E-state index is 0.0262. The van der Waals surface area contributed by atoms with Crippen molar-refractivity contribution in [2.24, 2.45) is 5.73 Å². The Kier molecular flexibility index (Phi) is 7.33. The molecule has 0 spiro atoms. The van der Waals surface area contributed by atoms with Gasteiger partial charge in [-0.15, -0.1) is 0 Å². The summed E-state index contributed by atoms with van der Waals surface area (Å²) in [6.07, 6.45) is 1.16. The third-order valence-electron chi connectivity index (χ3n) is 2.42. The fraction of sp³-hybridized carbons (Fsp3) is 0.400. The van der Waals surface area contributed by atoms with Gasteiger partial charge >= 0.3 is 0 Å². The van der Waals surface area contributed by atoms with Crippen molar-refractivity contribution in [3.8, 4) is 11.8 Å². The van der Waals surface area contributed by atoms with Crippen molar-refractivity contribution in [2.45, 2.75) is 19.8 Å². The predicted octanol–water partition coefficient (Wildman–Crippen LogP) is 1.75. The van der Waals surface area contributed by atoms with Crippen LogP contribution in [0.5, 0.6) is 0 Å². The number of benzene rings is 1. The Bertz CT molecular complexity index is 461. The lowest BCUT2D eigenvalue weighted by atomic mass is 10.1. The molecule has 0 fully saturated rings. The minimum atomic E-state index is -0.0262. The molecule has 0 saturated heterocycles. The van der Waals surface area contributed by atoms with Gasteiger partial charge in [-0.1, -0.05) is 24.0 Å². The maximum absolute atomic E-state index is 11.8. The highest BCUT2D eigenvalue weighted by atomic mass is 16.5. The number of amides is 1. The van der Waals surface area contributed by atoms with Gasteiger partial charge in [0.2, 0.25) is 5.91 Å². The number of anilines is 1. The highest BCUT2D eigenvalue weighted by Gasteiger charge is 2.04. The van der Waals surface area contributed by atoms with Crippen LogP contribution < -0.4 is 11.1 Å². The third-order valence-corrected chi connectivity index (χ3v) is 2.42. The van der Waals surface area contributed by atoms with Crippen LogP contribution >= 0.6 is 0 Å². The monoisotopic (exact) mass is 260 g/mol. The molecule has 0 aliphatic carbocycles. The van der Waals surface area contributed by atoms with Gasteiger partial charge < -0.3 is 15.8 Å². The smallest absolute Gasteiger partial charge is 0.224 e. The molecule has 0 atom stereocenters. The number of rotatable bonds is 6. The van der Waals surface area contributed by atoms with E-state index in [1.165, 1.54) is 0 Å². The summed E-state index contributed by atoms with van der Waals surface area (Å²) >= 11 is 0. The molecule has 19 heavy (non-hydrogen) atoms. The van der Waals surface area contributed by atoms with Crippen molar-refractivity contribution >= 4 is 11.6 Å². The molecule has 0 unspecified atom stereocenters. The summed E-state index contributed by atoms with van der Waals surface area (Å²) in [6, 6.07) is 7.44. The van der Waals surface area contributed by atoms with Gasteiger partial charge in [-0.05, 0) is 25.5 Å². The molecule has 3 N–H and O–H groups in total. The molecule has 1 rings (SSSR count). The molecule has 0 bridgehead atoms. The summed E-state index contributed by atoms with van der Waals surface area (Å²) in [6.45, 7) is 3.53. The van der Waals surface area contributed by atoms with E-state index in [-0.39, 0.29) is 5.91 Å². The second kappa shape index (κ2) is 9.15. The summed E-state index contributed by atoms with van der Waals surface area (Å²) < 4.78 is 5.19. The number of nitrogens with two attached hydrogens (primary N) is 1. The number of para-hydroxylation sites is 1. The van der Waals surface area contributed by atoms with Crippen molar-refractivity contribution < 1.29 is 9.53 Å². The predicted molar refractivity (Wildman–Crippen MR) is 76.7 cm³/mol. The van der Waals surface area contributed by atoms with Crippen LogP contribution in [-0.4, -0.2) is 25.7 Å². The lowest BCUT2D eigenvalue weighted by Crippen LogP contribution is -2.13. The summed E-state index contributed by atoms with van der Waals surface area (Å²) in [5.41, 5.74) is 6.86. The molecule has 1 aromatic carbocycles. The van der Waals surface area contributed by atoms with Crippen LogP contribution in [0.4, 0.5) is 5.69 Å². The number of carbonyl (C=O) groups excluding carboxylic acids is 1. The van der Waals surface area contributed by atoms with E-state index in [2.05, 4.69) is 17.2 Å². The number of ether oxygens (including phenoxy) is 1. The molecular weight excluding hydrogens is 240 g/mol. The van der Waals surface area contributed by atoms with Crippen molar-refractivity contribution in [2.75, 3.05) is 25.1 Å². The minimum Gasteiger partial charge on any atom is -0.382 e. The van der Waals surface area contributed by atoms with Crippen LogP contribution in [0.1, 0.15) is 25.3 Å². The fourth-order valence-electron chi connectivity index (χ4n) is 1.54. The van der Waals surface area contributed by atoms with Gasteiger partial charge in [0, 0.05) is 25.2 Å². The van der Waals surface area contributed by atoms with Crippen LogP contribution in [0, 0.1) is 11.8 Å². The molecule has 0 heterocycles. The Labute approximate surface area is 114 Å². The highest BCUT2D eigenvalue weighted by Crippen LogP contribution is 2.14. The molecule has 4 heteroatoms. The zero-order chi connectivity index (χ0) is 13.9. The van der Waals surface area contributed by atoms with Crippen LogP contribution in [0.2, 0.25) is 0 Å². The van der Waals surface area contributed by atoms with Gasteiger partial charge in [-0.2, -0.15) is 0 Å². The van der Waals surface area contributed by atoms with Crippen LogP contribution in [0.25, 0.3) is 0 Å². The molecule has 1 aromatic rings. The SMILES string of the molecule is CCOCCCC(=O)Nc1ccccc1C#CCN. The van der Waals surface area contributed by atoms with Gasteiger partial charge in [-0.3, -0.25) is 4.79 Å². The molecule has 4 nitrogen and oxygen atoms in total. The van der Waals surface area contributed by atoms with Crippen molar-refractivity contribution in [3.63, 3.8) is 0 Å². The summed E-state index contributed by atoms with van der Waals surface area (Å²) in [5, 5.41) is 2.86. The van der Waals surface area contributed by atoms with E-state index in [9.17, 15) is 4.79 Å². The summed E-state index contributed by atoms with van der Waals surface area (Å²) in [7, 11) is 0. The van der Waals surface area contributed by atoms with Crippen molar-refractivity contribution in [1.82, 2.24) is 0 Å². The first-order chi connectivity index (χ1) is 9.27. The molecule has 0 aliphatic rings. The standard InChI is InChI=1S/C15H20N2O2/c1-2-19-12-6-10-15(18)17-14-9-4-3-7-13(14)8-5-11-16/h3-4,7,9H,2,6,10-12,16H2,1H3,(H,17,18). The van der Waals surface area contributed by atoms with Crippen LogP contribution in [0.15, 0.2) is 24.3 Å². The first-order valence-corrected chi connectivity index (χ1v) is 6.43.